The molecule has 3 unspecified atom stereocenters. The number of aliphatic hydroxyl groups is 1. The van der Waals surface area contributed by atoms with Crippen LogP contribution in [0, 0.1) is 5.41 Å². The largest absolute Gasteiger partial charge is 0.480 e. The zero-order valence-electron chi connectivity index (χ0n) is 11.4. The minimum atomic E-state index is -0.948. The van der Waals surface area contributed by atoms with Gasteiger partial charge in [-0.3, -0.25) is 4.79 Å². The number of hydrogen-bond donors (Lipinski definition) is 3. The van der Waals surface area contributed by atoms with Gasteiger partial charge in [0.25, 0.3) is 0 Å². The van der Waals surface area contributed by atoms with Gasteiger partial charge in [-0.2, -0.15) is 0 Å². The summed E-state index contributed by atoms with van der Waals surface area (Å²) >= 11 is 0. The summed E-state index contributed by atoms with van der Waals surface area (Å²) in [6.07, 6.45) is 1.46. The second-order valence-corrected chi connectivity index (χ2v) is 6.21. The summed E-state index contributed by atoms with van der Waals surface area (Å²) in [5, 5.41) is 21.9. The highest BCUT2D eigenvalue weighted by Gasteiger charge is 2.46. The lowest BCUT2D eigenvalue weighted by Gasteiger charge is -2.44. The predicted octanol–water partition coefficient (Wildman–Crippen LogP) is -0.189. The molecule has 0 aromatic carbocycles. The first-order valence-electron chi connectivity index (χ1n) is 6.77. The number of β-amino-alcohol motifs (C(OH)–C–C–N with tert-alkyl or cyclic N) is 1. The third-order valence-corrected chi connectivity index (χ3v) is 4.19. The average Bonchev–Trinajstić information content (AvgIpc) is 2.72. The van der Waals surface area contributed by atoms with E-state index in [1.807, 2.05) is 13.8 Å². The fourth-order valence-electron chi connectivity index (χ4n) is 3.20. The molecule has 6 nitrogen and oxygen atoms in total. The summed E-state index contributed by atoms with van der Waals surface area (Å²) in [6, 6.07) is -1.24. The highest BCUT2D eigenvalue weighted by Crippen LogP contribution is 2.35. The minimum Gasteiger partial charge on any atom is -0.480 e. The van der Waals surface area contributed by atoms with Crippen molar-refractivity contribution in [3.63, 3.8) is 0 Å². The topological polar surface area (TPSA) is 89.9 Å². The molecular formula is C13H22N2O4. The molecule has 0 saturated carbocycles. The van der Waals surface area contributed by atoms with Crippen LogP contribution in [-0.4, -0.2) is 58.3 Å². The Balaban J connectivity index is 2.16. The second kappa shape index (κ2) is 5.09. The Morgan fingerprint density at radius 3 is 2.58 bits per heavy atom. The number of hydrogen-bond acceptors (Lipinski definition) is 4. The summed E-state index contributed by atoms with van der Waals surface area (Å²) in [6.45, 7) is 4.66. The van der Waals surface area contributed by atoms with Crippen LogP contribution >= 0.6 is 0 Å². The smallest absolute Gasteiger partial charge is 0.326 e. The van der Waals surface area contributed by atoms with Gasteiger partial charge in [-0.15, -0.1) is 0 Å². The van der Waals surface area contributed by atoms with Gasteiger partial charge < -0.3 is 20.4 Å². The molecule has 108 valence electrons. The van der Waals surface area contributed by atoms with Crippen LogP contribution in [0.2, 0.25) is 0 Å². The third kappa shape index (κ3) is 2.74. The van der Waals surface area contributed by atoms with Gasteiger partial charge in [0.1, 0.15) is 6.04 Å². The molecule has 2 fully saturated rings. The van der Waals surface area contributed by atoms with E-state index in [4.69, 9.17) is 0 Å². The van der Waals surface area contributed by atoms with Crippen molar-refractivity contribution in [1.29, 1.82) is 0 Å². The SMILES string of the molecule is CC1(C)CCCN(C(=O)C2CC(O)CN2)C1C(=O)O. The molecule has 2 aliphatic rings. The zero-order chi connectivity index (χ0) is 14.2. The van der Waals surface area contributed by atoms with Gasteiger partial charge in [0, 0.05) is 13.1 Å². The van der Waals surface area contributed by atoms with E-state index in [1.165, 1.54) is 4.90 Å². The molecule has 1 amide bonds. The molecule has 2 heterocycles. The van der Waals surface area contributed by atoms with Crippen molar-refractivity contribution in [2.24, 2.45) is 5.41 Å². The van der Waals surface area contributed by atoms with Gasteiger partial charge in [0.05, 0.1) is 12.1 Å². The van der Waals surface area contributed by atoms with Crippen LogP contribution in [0.15, 0.2) is 0 Å². The number of carbonyl (C=O) groups excluding carboxylic acids is 1. The summed E-state index contributed by atoms with van der Waals surface area (Å²) in [7, 11) is 0. The maximum atomic E-state index is 12.4. The standard InChI is InChI=1S/C13H22N2O4/c1-13(2)4-3-5-15(10(13)12(18)19)11(17)9-6-8(16)7-14-9/h8-10,14,16H,3-7H2,1-2H3,(H,18,19). The molecular weight excluding hydrogens is 248 g/mol. The van der Waals surface area contributed by atoms with E-state index in [-0.39, 0.29) is 5.91 Å². The lowest BCUT2D eigenvalue weighted by atomic mass is 9.76. The number of aliphatic carboxylic acids is 1. The average molecular weight is 270 g/mol. The van der Waals surface area contributed by atoms with Gasteiger partial charge in [-0.05, 0) is 24.7 Å². The normalized spacial score (nSPS) is 34.3. The number of rotatable bonds is 2. The van der Waals surface area contributed by atoms with Crippen molar-refractivity contribution in [2.75, 3.05) is 13.1 Å². The Morgan fingerprint density at radius 2 is 2.05 bits per heavy atom. The lowest BCUT2D eigenvalue weighted by Crippen LogP contribution is -2.59. The molecule has 0 aliphatic carbocycles. The third-order valence-electron chi connectivity index (χ3n) is 4.19. The Morgan fingerprint density at radius 1 is 1.37 bits per heavy atom. The van der Waals surface area contributed by atoms with Gasteiger partial charge in [-0.25, -0.2) is 4.79 Å². The van der Waals surface area contributed by atoms with E-state index in [1.54, 1.807) is 0 Å². The maximum absolute atomic E-state index is 12.4. The van der Waals surface area contributed by atoms with Crippen LogP contribution in [0.5, 0.6) is 0 Å². The molecule has 2 rings (SSSR count). The van der Waals surface area contributed by atoms with Gasteiger partial charge in [-0.1, -0.05) is 13.8 Å². The van der Waals surface area contributed by atoms with Crippen molar-refractivity contribution >= 4 is 11.9 Å². The van der Waals surface area contributed by atoms with E-state index in [9.17, 15) is 19.8 Å². The first-order valence-corrected chi connectivity index (χ1v) is 6.77. The highest BCUT2D eigenvalue weighted by molar-refractivity contribution is 5.88. The molecule has 6 heteroatoms. The Hall–Kier alpha value is -1.14. The molecule has 0 aromatic heterocycles. The number of carbonyl (C=O) groups is 2. The fourth-order valence-corrected chi connectivity index (χ4v) is 3.20. The Labute approximate surface area is 112 Å². The van der Waals surface area contributed by atoms with E-state index in [2.05, 4.69) is 5.32 Å². The molecule has 3 atom stereocenters. The first kappa shape index (κ1) is 14.3. The fraction of sp³-hybridized carbons (Fsp3) is 0.846. The second-order valence-electron chi connectivity index (χ2n) is 6.21. The minimum absolute atomic E-state index is 0.197. The van der Waals surface area contributed by atoms with Crippen LogP contribution in [-0.2, 0) is 9.59 Å². The lowest BCUT2D eigenvalue weighted by molar-refractivity contribution is -0.159. The number of piperidine rings is 1. The van der Waals surface area contributed by atoms with E-state index in [0.717, 1.165) is 12.8 Å². The Bertz CT molecular complexity index is 383. The van der Waals surface area contributed by atoms with Crippen LogP contribution in [0.25, 0.3) is 0 Å². The monoisotopic (exact) mass is 270 g/mol. The zero-order valence-corrected chi connectivity index (χ0v) is 11.4. The quantitative estimate of drug-likeness (QED) is 0.647. The molecule has 0 radical (unpaired) electrons. The number of nitrogens with zero attached hydrogens (tertiary/aromatic N) is 1. The van der Waals surface area contributed by atoms with Crippen LogP contribution in [0.4, 0.5) is 0 Å². The number of aliphatic hydroxyl groups excluding tert-OH is 1. The molecule has 2 aliphatic heterocycles. The number of nitrogens with one attached hydrogen (secondary N) is 1. The van der Waals surface area contributed by atoms with E-state index in [0.29, 0.717) is 19.5 Å². The molecule has 0 spiro atoms. The van der Waals surface area contributed by atoms with Gasteiger partial charge in [0.2, 0.25) is 5.91 Å². The molecule has 2 saturated heterocycles. The maximum Gasteiger partial charge on any atom is 0.326 e. The first-order chi connectivity index (χ1) is 8.83. The van der Waals surface area contributed by atoms with Crippen molar-refractivity contribution in [2.45, 2.75) is 51.3 Å². The number of amides is 1. The van der Waals surface area contributed by atoms with Gasteiger partial charge >= 0.3 is 5.97 Å². The van der Waals surface area contributed by atoms with E-state index >= 15 is 0 Å². The number of likely N-dealkylation sites (tertiary alicyclic amines) is 1. The molecule has 0 aromatic rings. The molecule has 0 bridgehead atoms. The Kier molecular flexibility index (Phi) is 3.82. The summed E-state index contributed by atoms with van der Waals surface area (Å²) in [5.41, 5.74) is -0.420. The van der Waals surface area contributed by atoms with Crippen molar-refractivity contribution < 1.29 is 19.8 Å². The van der Waals surface area contributed by atoms with Crippen molar-refractivity contribution in [1.82, 2.24) is 10.2 Å². The molecule has 3 N–H and O–H groups in total. The summed E-state index contributed by atoms with van der Waals surface area (Å²) < 4.78 is 0. The van der Waals surface area contributed by atoms with Crippen LogP contribution in [0.3, 0.4) is 0 Å². The number of carboxylic acid groups (broad SMARTS) is 1. The van der Waals surface area contributed by atoms with Crippen LogP contribution < -0.4 is 5.32 Å². The summed E-state index contributed by atoms with van der Waals surface area (Å²) in [4.78, 5) is 25.4. The van der Waals surface area contributed by atoms with Gasteiger partial charge in [0.15, 0.2) is 0 Å². The number of carboxylic acids is 1. The van der Waals surface area contributed by atoms with E-state index < -0.39 is 29.6 Å². The highest BCUT2D eigenvalue weighted by atomic mass is 16.4. The van der Waals surface area contributed by atoms with Crippen molar-refractivity contribution in [3.05, 3.63) is 0 Å². The summed E-state index contributed by atoms with van der Waals surface area (Å²) in [5.74, 6) is -1.15. The predicted molar refractivity (Wildman–Crippen MR) is 68.6 cm³/mol. The molecule has 19 heavy (non-hydrogen) atoms. The van der Waals surface area contributed by atoms with Crippen LogP contribution in [0.1, 0.15) is 33.1 Å². The van der Waals surface area contributed by atoms with Crippen molar-refractivity contribution in [3.8, 4) is 0 Å².